The van der Waals surface area contributed by atoms with Crippen molar-refractivity contribution in [3.05, 3.63) is 34.4 Å². The second kappa shape index (κ2) is 10.6. The first kappa shape index (κ1) is 26.6. The second-order valence-corrected chi connectivity index (χ2v) is 14.7. The number of hydrogen-bond acceptors (Lipinski definition) is 3. The number of rotatable bonds is 8. The maximum atomic E-state index is 11.3. The van der Waals surface area contributed by atoms with Gasteiger partial charge in [-0.3, -0.25) is 10.1 Å². The predicted octanol–water partition coefficient (Wildman–Crippen LogP) is 9.79. The van der Waals surface area contributed by atoms with Crippen molar-refractivity contribution < 1.29 is 4.92 Å². The van der Waals surface area contributed by atoms with Gasteiger partial charge in [-0.2, -0.15) is 0 Å². The lowest BCUT2D eigenvalue weighted by atomic mass is 9.42. The van der Waals surface area contributed by atoms with Gasteiger partial charge in [0.05, 0.1) is 9.82 Å². The number of hydrogen-bond donors (Lipinski definition) is 0. The Morgan fingerprint density at radius 1 is 1.03 bits per heavy atom. The summed E-state index contributed by atoms with van der Waals surface area (Å²) in [4.78, 5) is 11.9. The van der Waals surface area contributed by atoms with Gasteiger partial charge in [-0.25, -0.2) is 0 Å². The van der Waals surface area contributed by atoms with E-state index >= 15 is 0 Å². The molecule has 4 aliphatic carbocycles. The van der Waals surface area contributed by atoms with Gasteiger partial charge in [0.2, 0.25) is 0 Å². The van der Waals surface area contributed by atoms with E-state index in [0.717, 1.165) is 58.5 Å². The van der Waals surface area contributed by atoms with Crippen LogP contribution in [-0.2, 0) is 0 Å². The van der Waals surface area contributed by atoms with Crippen LogP contribution in [0.3, 0.4) is 0 Å². The van der Waals surface area contributed by atoms with E-state index in [1.165, 1.54) is 70.6 Å². The minimum absolute atomic E-state index is 0.245. The molecule has 0 aliphatic heterocycles. The molecule has 4 heteroatoms. The quantitative estimate of drug-likeness (QED) is 0.151. The first-order chi connectivity index (χ1) is 17.3. The third-order valence-electron chi connectivity index (χ3n) is 12.2. The lowest BCUT2D eigenvalue weighted by Gasteiger charge is -2.63. The van der Waals surface area contributed by atoms with Gasteiger partial charge >= 0.3 is 0 Å². The Labute approximate surface area is 224 Å². The molecule has 0 saturated heterocycles. The van der Waals surface area contributed by atoms with Crippen molar-refractivity contribution in [2.75, 3.05) is 5.75 Å². The fourth-order valence-electron chi connectivity index (χ4n) is 10.5. The van der Waals surface area contributed by atoms with Crippen LogP contribution in [0.15, 0.2) is 29.2 Å². The molecule has 9 atom stereocenters. The molecule has 0 aromatic heterocycles. The molecule has 36 heavy (non-hydrogen) atoms. The van der Waals surface area contributed by atoms with Crippen LogP contribution in [0.2, 0.25) is 0 Å². The van der Waals surface area contributed by atoms with Crippen LogP contribution >= 0.6 is 11.8 Å². The van der Waals surface area contributed by atoms with Crippen LogP contribution in [0.1, 0.15) is 105 Å². The zero-order valence-electron chi connectivity index (χ0n) is 23.2. The van der Waals surface area contributed by atoms with Gasteiger partial charge < -0.3 is 0 Å². The molecule has 1 aromatic rings. The van der Waals surface area contributed by atoms with E-state index in [-0.39, 0.29) is 10.6 Å². The van der Waals surface area contributed by atoms with Gasteiger partial charge in [-0.05, 0) is 122 Å². The van der Waals surface area contributed by atoms with Crippen LogP contribution in [0.4, 0.5) is 5.69 Å². The monoisotopic (exact) mass is 511 g/mol. The predicted molar refractivity (Wildman–Crippen MR) is 151 cm³/mol. The number of fused-ring (bicyclic) bond motifs is 5. The average Bonchev–Trinajstić information content (AvgIpc) is 3.23. The Morgan fingerprint density at radius 2 is 1.81 bits per heavy atom. The van der Waals surface area contributed by atoms with Crippen molar-refractivity contribution in [2.24, 2.45) is 52.3 Å². The standard InChI is InChI=1S/C32H49NO2S/c1-5-23-21-24-27-16-15-25(22(2)11-10-20-36-30-14-7-6-13-29(30)33(34)35)32(27,4)19-17-28(24)31(3)18-9-8-12-26(23)31/h6-7,13-14,22-28H,5,8-12,15-21H2,1-4H3/t22-,23+,24+,25-,26?,27+,28+,31+,32-/m1/s1. The van der Waals surface area contributed by atoms with E-state index in [9.17, 15) is 10.1 Å². The Morgan fingerprint density at radius 3 is 2.58 bits per heavy atom. The largest absolute Gasteiger partial charge is 0.282 e. The van der Waals surface area contributed by atoms with E-state index in [1.54, 1.807) is 23.9 Å². The molecule has 0 amide bonds. The first-order valence-electron chi connectivity index (χ1n) is 15.2. The van der Waals surface area contributed by atoms with Crippen molar-refractivity contribution >= 4 is 17.4 Å². The van der Waals surface area contributed by atoms with Gasteiger partial charge in [0, 0.05) is 6.07 Å². The summed E-state index contributed by atoms with van der Waals surface area (Å²) in [5.74, 6) is 7.45. The zero-order valence-corrected chi connectivity index (χ0v) is 24.0. The normalized spacial score (nSPS) is 40.7. The molecule has 0 spiro atoms. The van der Waals surface area contributed by atoms with Gasteiger partial charge in [-0.1, -0.05) is 59.1 Å². The average molecular weight is 512 g/mol. The summed E-state index contributed by atoms with van der Waals surface area (Å²) in [6.45, 7) is 10.4. The van der Waals surface area contributed by atoms with E-state index in [0.29, 0.717) is 10.8 Å². The molecule has 0 bridgehead atoms. The molecule has 1 aromatic carbocycles. The Hall–Kier alpha value is -1.03. The summed E-state index contributed by atoms with van der Waals surface area (Å²) in [6.07, 6.45) is 17.1. The lowest BCUT2D eigenvalue weighted by molar-refractivity contribution is -0.387. The third-order valence-corrected chi connectivity index (χ3v) is 13.3. The van der Waals surface area contributed by atoms with E-state index < -0.39 is 0 Å². The zero-order chi connectivity index (χ0) is 25.5. The topological polar surface area (TPSA) is 43.1 Å². The van der Waals surface area contributed by atoms with Crippen LogP contribution in [0.5, 0.6) is 0 Å². The van der Waals surface area contributed by atoms with Crippen molar-refractivity contribution in [3.63, 3.8) is 0 Å². The maximum absolute atomic E-state index is 11.3. The molecule has 4 aliphatic rings. The summed E-state index contributed by atoms with van der Waals surface area (Å²) in [7, 11) is 0. The van der Waals surface area contributed by atoms with Crippen LogP contribution < -0.4 is 0 Å². The fourth-order valence-corrected chi connectivity index (χ4v) is 11.5. The second-order valence-electron chi connectivity index (χ2n) is 13.6. The van der Waals surface area contributed by atoms with Crippen molar-refractivity contribution in [3.8, 4) is 0 Å². The highest BCUT2D eigenvalue weighted by molar-refractivity contribution is 7.99. The molecule has 4 fully saturated rings. The summed E-state index contributed by atoms with van der Waals surface area (Å²) in [6, 6.07) is 7.21. The molecule has 0 radical (unpaired) electrons. The highest BCUT2D eigenvalue weighted by atomic mass is 32.2. The molecule has 0 N–H and O–H groups in total. The number of benzene rings is 1. The number of nitro benzene ring substituents is 1. The minimum atomic E-state index is -0.245. The summed E-state index contributed by atoms with van der Waals surface area (Å²) >= 11 is 1.67. The van der Waals surface area contributed by atoms with Crippen molar-refractivity contribution in [1.82, 2.24) is 0 Å². The highest BCUT2D eigenvalue weighted by Crippen LogP contribution is 2.69. The number of nitrogens with zero attached hydrogens (tertiary/aromatic N) is 1. The molecule has 200 valence electrons. The molecule has 3 nitrogen and oxygen atoms in total. The molecule has 5 rings (SSSR count). The number of nitro groups is 1. The van der Waals surface area contributed by atoms with Crippen molar-refractivity contribution in [1.29, 1.82) is 0 Å². The van der Waals surface area contributed by atoms with Gasteiger partial charge in [0.1, 0.15) is 0 Å². The Balaban J connectivity index is 1.22. The fraction of sp³-hybridized carbons (Fsp3) is 0.812. The molecular weight excluding hydrogens is 462 g/mol. The van der Waals surface area contributed by atoms with Gasteiger partial charge in [0.25, 0.3) is 5.69 Å². The smallest absolute Gasteiger partial charge is 0.258 e. The van der Waals surface area contributed by atoms with E-state index in [2.05, 4.69) is 27.7 Å². The minimum Gasteiger partial charge on any atom is -0.258 e. The maximum Gasteiger partial charge on any atom is 0.282 e. The van der Waals surface area contributed by atoms with Gasteiger partial charge in [-0.15, -0.1) is 11.8 Å². The lowest BCUT2D eigenvalue weighted by Crippen LogP contribution is -2.55. The molecular formula is C32H49NO2S. The number of thioether (sulfide) groups is 1. The molecule has 1 unspecified atom stereocenters. The van der Waals surface area contributed by atoms with Gasteiger partial charge in [0.15, 0.2) is 0 Å². The van der Waals surface area contributed by atoms with Crippen LogP contribution in [0, 0.1) is 62.4 Å². The molecule has 4 saturated carbocycles. The van der Waals surface area contributed by atoms with E-state index in [4.69, 9.17) is 0 Å². The third kappa shape index (κ3) is 4.56. The summed E-state index contributed by atoms with van der Waals surface area (Å²) < 4.78 is 0. The first-order valence-corrected chi connectivity index (χ1v) is 16.1. The van der Waals surface area contributed by atoms with Crippen LogP contribution in [0.25, 0.3) is 0 Å². The Bertz CT molecular complexity index is 934. The Kier molecular flexibility index (Phi) is 7.84. The summed E-state index contributed by atoms with van der Waals surface area (Å²) in [5, 5.41) is 11.3. The number of para-hydroxylation sites is 1. The van der Waals surface area contributed by atoms with E-state index in [1.807, 2.05) is 12.1 Å². The van der Waals surface area contributed by atoms with Crippen molar-refractivity contribution in [2.45, 2.75) is 110 Å². The SMILES string of the molecule is CC[C@H]1C[C@H]2[C@@H]3CC[C@H]([C@H](C)CCCSc4ccccc4[N+](=O)[O-])[C@@]3(C)CC[C@@H]2[C@@]2(C)CCCCC12. The molecule has 0 heterocycles. The van der Waals surface area contributed by atoms with Crippen LogP contribution in [-0.4, -0.2) is 10.7 Å². The highest BCUT2D eigenvalue weighted by Gasteiger charge is 2.61. The summed E-state index contributed by atoms with van der Waals surface area (Å²) in [5.41, 5.74) is 1.40.